The minimum atomic E-state index is -4.29. The van der Waals surface area contributed by atoms with Gasteiger partial charge in [0.15, 0.2) is 0 Å². The van der Waals surface area contributed by atoms with Crippen molar-refractivity contribution < 1.29 is 74.1 Å². The van der Waals surface area contributed by atoms with Gasteiger partial charge in [-0.25, -0.2) is 35.9 Å². The van der Waals surface area contributed by atoms with Crippen molar-refractivity contribution in [3.8, 4) is 17.2 Å². The van der Waals surface area contributed by atoms with Crippen molar-refractivity contribution in [1.29, 1.82) is 10.8 Å². The number of halogens is 2. The third-order valence-corrected chi connectivity index (χ3v) is 22.9. The molecular formula is C80H99Cl2N13O16S3. The van der Waals surface area contributed by atoms with Crippen LogP contribution in [0.15, 0.2) is 155 Å². The fourth-order valence-electron chi connectivity index (χ4n) is 12.3. The first kappa shape index (κ1) is 90.4. The zero-order chi connectivity index (χ0) is 83.1. The highest BCUT2D eigenvalue weighted by Gasteiger charge is 2.34. The molecule has 0 aromatic heterocycles. The summed E-state index contributed by atoms with van der Waals surface area (Å²) >= 11 is 14.1. The van der Waals surface area contributed by atoms with Gasteiger partial charge in [-0.15, -0.1) is 0 Å². The summed E-state index contributed by atoms with van der Waals surface area (Å²) in [6, 6.07) is 33.8. The number of benzene rings is 7. The number of primary amides is 1. The standard InChI is InChI=1S/C80H99Cl2N13O16S3/c1-49-39-51(3)70(52(4)40-49)113(103,104)94-77(84)86-37-15-22-65(72(83)96)89-76(100)69(48-112-47-58-28-32-60(108-8)33-29-58)92-74(98)66(21-12-13-36-88-79(101)110-44-56-17-10-9-11-18-56)90-73(97)67(23-16-38-87-78(85)95-114(105,106)71-53(5)41-50(2)42-54(71)6)91-75(99)68(93-80(102)111-45-57-26-30-59(107-7)31-27-57)43-55-24-34-61(35-25-55)109-46-62-63(81)19-14-20-64(62)82/h9-11,14,17-20,24-35,39-42,65-69H,12-13,15-16,21-23,36-38,43-48H2,1-8H3,(H2,83,96)(H,88,101)(H,89,100)(H,90,97)(H,91,99)(H,92,98)(H,93,102)(H3,84,86,94)(H3,85,87,95)/t65-,66-,67-,68-,69-/m0/s1. The number of guanidine groups is 2. The molecule has 29 nitrogen and oxygen atoms in total. The second-order valence-corrected chi connectivity index (χ2v) is 32.1. The number of sulfonamides is 2. The van der Waals surface area contributed by atoms with E-state index in [2.05, 4.69) is 52.0 Å². The van der Waals surface area contributed by atoms with Crippen LogP contribution in [0.4, 0.5) is 9.59 Å². The van der Waals surface area contributed by atoms with Crippen LogP contribution in [0.1, 0.15) is 106 Å². The molecule has 0 aliphatic rings. The van der Waals surface area contributed by atoms with Crippen LogP contribution in [0, 0.1) is 52.4 Å². The van der Waals surface area contributed by atoms with Crippen LogP contribution in [0.5, 0.6) is 17.2 Å². The minimum absolute atomic E-state index is 0.0128. The summed E-state index contributed by atoms with van der Waals surface area (Å²) in [5.74, 6) is -4.05. The molecule has 0 heterocycles. The molecule has 0 aliphatic heterocycles. The Morgan fingerprint density at radius 3 is 1.36 bits per heavy atom. The molecule has 0 saturated heterocycles. The molecule has 7 amide bonds. The summed E-state index contributed by atoms with van der Waals surface area (Å²) < 4.78 is 86.5. The highest BCUT2D eigenvalue weighted by Crippen LogP contribution is 2.28. The summed E-state index contributed by atoms with van der Waals surface area (Å²) in [5.41, 5.74) is 12.6. The molecule has 0 radical (unpaired) electrons. The summed E-state index contributed by atoms with van der Waals surface area (Å²) in [6.07, 6.45) is -2.15. The van der Waals surface area contributed by atoms with Gasteiger partial charge in [-0.3, -0.25) is 34.8 Å². The maximum Gasteiger partial charge on any atom is 0.408 e. The summed E-state index contributed by atoms with van der Waals surface area (Å²) in [4.78, 5) is 100. The number of ether oxygens (including phenoxy) is 5. The number of carbonyl (C=O) groups is 7. The minimum Gasteiger partial charge on any atom is -0.497 e. The van der Waals surface area contributed by atoms with E-state index in [-0.39, 0.29) is 106 Å². The molecule has 14 N–H and O–H groups in total. The Labute approximate surface area is 679 Å². The number of hydrogen-bond donors (Lipinski definition) is 13. The van der Waals surface area contributed by atoms with Crippen molar-refractivity contribution in [2.24, 2.45) is 5.73 Å². The fraction of sp³-hybridized carbons (Fsp3) is 0.362. The molecule has 0 saturated carbocycles. The molecular weight excluding hydrogens is 1570 g/mol. The van der Waals surface area contributed by atoms with Gasteiger partial charge in [0.2, 0.25) is 41.5 Å². The Bertz CT molecular complexity index is 4660. The van der Waals surface area contributed by atoms with E-state index in [1.54, 1.807) is 155 Å². The van der Waals surface area contributed by atoms with E-state index in [1.165, 1.54) is 26.0 Å². The van der Waals surface area contributed by atoms with E-state index in [9.17, 15) is 36.0 Å². The molecule has 7 rings (SSSR count). The normalized spacial score (nSPS) is 12.5. The number of amides is 7. The predicted octanol–water partition coefficient (Wildman–Crippen LogP) is 9.30. The average molecular weight is 1670 g/mol. The van der Waals surface area contributed by atoms with Gasteiger partial charge in [0, 0.05) is 53.2 Å². The topological polar surface area (TPSA) is 428 Å². The lowest BCUT2D eigenvalue weighted by atomic mass is 10.0. The summed E-state index contributed by atoms with van der Waals surface area (Å²) in [7, 11) is -5.47. The predicted molar refractivity (Wildman–Crippen MR) is 437 cm³/mol. The molecule has 0 bridgehead atoms. The van der Waals surface area contributed by atoms with Crippen molar-refractivity contribution in [2.45, 2.75) is 158 Å². The van der Waals surface area contributed by atoms with Crippen molar-refractivity contribution in [3.63, 3.8) is 0 Å². The molecule has 0 fully saturated rings. The zero-order valence-corrected chi connectivity index (χ0v) is 68.6. The van der Waals surface area contributed by atoms with E-state index in [4.69, 9.17) is 63.4 Å². The van der Waals surface area contributed by atoms with Crippen LogP contribution >= 0.6 is 35.0 Å². The van der Waals surface area contributed by atoms with Crippen molar-refractivity contribution >= 4 is 109 Å². The second-order valence-electron chi connectivity index (χ2n) is 27.0. The Morgan fingerprint density at radius 1 is 0.447 bits per heavy atom. The molecule has 7 aromatic carbocycles. The summed E-state index contributed by atoms with van der Waals surface area (Å²) in [5, 5.41) is 39.6. The number of rotatable bonds is 42. The highest BCUT2D eigenvalue weighted by molar-refractivity contribution is 7.98. The first-order chi connectivity index (χ1) is 54.3. The number of unbranched alkanes of at least 4 members (excludes halogenated alkanes) is 1. The molecule has 0 aliphatic carbocycles. The number of aryl methyl sites for hydroxylation is 6. The Balaban J connectivity index is 1.17. The maximum atomic E-state index is 15.3. The second kappa shape index (κ2) is 44.6. The van der Waals surface area contributed by atoms with Crippen LogP contribution in [0.25, 0.3) is 0 Å². The third kappa shape index (κ3) is 29.3. The lowest BCUT2D eigenvalue weighted by molar-refractivity contribution is -0.134. The van der Waals surface area contributed by atoms with Crippen molar-refractivity contribution in [1.82, 2.24) is 52.0 Å². The van der Waals surface area contributed by atoms with Gasteiger partial charge in [-0.2, -0.15) is 11.8 Å². The van der Waals surface area contributed by atoms with Gasteiger partial charge in [-0.1, -0.05) is 131 Å². The van der Waals surface area contributed by atoms with Gasteiger partial charge in [0.05, 0.1) is 24.0 Å². The van der Waals surface area contributed by atoms with Crippen molar-refractivity contribution in [2.75, 3.05) is 39.6 Å². The number of alkyl carbamates (subject to hydrolysis) is 2. The highest BCUT2D eigenvalue weighted by atomic mass is 35.5. The third-order valence-electron chi connectivity index (χ3n) is 17.8. The molecule has 34 heteroatoms. The SMILES string of the molecule is COc1ccc(COC(=O)N[C@@H](Cc2ccc(OCc3c(Cl)cccc3Cl)cc2)C(=O)N[C@@H](CCCNC(=N)NS(=O)(=O)c2c(C)cc(C)cc2C)C(=O)N[C@@H](CCCCNC(=O)OCc2ccccc2)C(=O)N[C@@H](CSCc2ccc(OC)cc2)C(=O)N[C@@H](CCCNC(=N)NS(=O)(=O)c2c(C)cc(C)cc2C)C(N)=O)cc1. The van der Waals surface area contributed by atoms with Crippen LogP contribution in [0.3, 0.4) is 0 Å². The largest absolute Gasteiger partial charge is 0.497 e. The van der Waals surface area contributed by atoms with Crippen LogP contribution < -0.4 is 71.9 Å². The lowest BCUT2D eigenvalue weighted by Gasteiger charge is -2.27. The Hall–Kier alpha value is -10.8. The number of hydrogen-bond acceptors (Lipinski definition) is 19. The number of thioether (sulfide) groups is 1. The van der Waals surface area contributed by atoms with Gasteiger partial charge in [-0.05, 0) is 180 Å². The molecule has 5 atom stereocenters. The zero-order valence-electron chi connectivity index (χ0n) is 64.6. The number of nitrogens with one attached hydrogen (secondary N) is 12. The van der Waals surface area contributed by atoms with E-state index >= 15 is 14.4 Å². The lowest BCUT2D eigenvalue weighted by Crippen LogP contribution is -2.59. The van der Waals surface area contributed by atoms with E-state index in [1.807, 2.05) is 32.0 Å². The fourth-order valence-corrected chi connectivity index (χ4v) is 16.6. The van der Waals surface area contributed by atoms with Gasteiger partial charge >= 0.3 is 12.2 Å². The maximum absolute atomic E-state index is 15.3. The van der Waals surface area contributed by atoms with E-state index in [0.29, 0.717) is 72.0 Å². The average Bonchev–Trinajstić information content (AvgIpc) is 0.800. The molecule has 114 heavy (non-hydrogen) atoms. The first-order valence-electron chi connectivity index (χ1n) is 36.5. The van der Waals surface area contributed by atoms with Crippen molar-refractivity contribution in [3.05, 3.63) is 217 Å². The number of methoxy groups -OCH3 is 2. The number of nitrogens with two attached hydrogens (primary N) is 1. The van der Waals surface area contributed by atoms with Gasteiger partial charge < -0.3 is 72.0 Å². The van der Waals surface area contributed by atoms with Crippen LogP contribution in [-0.2, 0) is 85.5 Å². The molecule has 0 spiro atoms. The van der Waals surface area contributed by atoms with E-state index < -0.39 is 104 Å². The van der Waals surface area contributed by atoms with Gasteiger partial charge in [0.1, 0.15) is 67.3 Å². The monoisotopic (exact) mass is 1660 g/mol. The van der Waals surface area contributed by atoms with E-state index in [0.717, 1.165) is 22.3 Å². The number of carbonyl (C=O) groups excluding carboxylic acids is 7. The quantitative estimate of drug-likeness (QED) is 0.00962. The summed E-state index contributed by atoms with van der Waals surface area (Å²) in [6.45, 7) is 9.80. The Morgan fingerprint density at radius 2 is 0.860 bits per heavy atom. The first-order valence-corrected chi connectivity index (χ1v) is 41.4. The van der Waals surface area contributed by atoms with Crippen LogP contribution in [-0.4, -0.2) is 140 Å². The molecule has 7 aromatic rings. The molecule has 612 valence electrons. The smallest absolute Gasteiger partial charge is 0.408 e. The van der Waals surface area contributed by atoms with Crippen LogP contribution in [0.2, 0.25) is 10.0 Å². The Kier molecular flexibility index (Phi) is 35.4. The van der Waals surface area contributed by atoms with Gasteiger partial charge in [0.25, 0.3) is 20.0 Å². The molecule has 0 unspecified atom stereocenters.